The number of aromatic amines is 2. The zero-order valence-corrected chi connectivity index (χ0v) is 15.7. The number of rotatable bonds is 1. The number of benzene rings is 2. The third-order valence-electron chi connectivity index (χ3n) is 5.22. The molecule has 2 heterocycles. The summed E-state index contributed by atoms with van der Waals surface area (Å²) in [6.45, 7) is 0. The molecule has 0 saturated carbocycles. The SMILES string of the molecule is O=c1[nH]ccc2c1c1c(c3nc(-c4c(F)cccc4F)[nH]c32)CCC(Br)C1. The van der Waals surface area contributed by atoms with E-state index in [1.807, 2.05) is 0 Å². The van der Waals surface area contributed by atoms with E-state index in [2.05, 4.69) is 30.9 Å². The predicted octanol–water partition coefficient (Wildman–Crippen LogP) is 4.60. The first kappa shape index (κ1) is 16.6. The van der Waals surface area contributed by atoms with Crippen molar-refractivity contribution >= 4 is 37.7 Å². The third kappa shape index (κ3) is 2.45. The van der Waals surface area contributed by atoms with Gasteiger partial charge in [0.2, 0.25) is 0 Å². The maximum Gasteiger partial charge on any atom is 0.256 e. The van der Waals surface area contributed by atoms with Crippen LogP contribution in [0.3, 0.4) is 0 Å². The van der Waals surface area contributed by atoms with E-state index in [-0.39, 0.29) is 21.8 Å². The van der Waals surface area contributed by atoms with E-state index in [1.54, 1.807) is 12.3 Å². The summed E-state index contributed by atoms with van der Waals surface area (Å²) in [5, 5.41) is 1.33. The van der Waals surface area contributed by atoms with Gasteiger partial charge < -0.3 is 9.97 Å². The number of halogens is 3. The van der Waals surface area contributed by atoms with Crippen LogP contribution < -0.4 is 5.56 Å². The van der Waals surface area contributed by atoms with Crippen molar-refractivity contribution in [3.63, 3.8) is 0 Å². The molecule has 1 unspecified atom stereocenters. The van der Waals surface area contributed by atoms with E-state index < -0.39 is 11.6 Å². The Morgan fingerprint density at radius 1 is 1.15 bits per heavy atom. The molecule has 1 aliphatic carbocycles. The molecule has 0 radical (unpaired) electrons. The van der Waals surface area contributed by atoms with Gasteiger partial charge >= 0.3 is 0 Å². The van der Waals surface area contributed by atoms with E-state index in [9.17, 15) is 13.6 Å². The molecule has 0 spiro atoms. The lowest BCUT2D eigenvalue weighted by Gasteiger charge is -2.22. The first-order chi connectivity index (χ1) is 13.0. The van der Waals surface area contributed by atoms with Gasteiger partial charge in [-0.2, -0.15) is 0 Å². The second-order valence-corrected chi connectivity index (χ2v) is 8.09. The number of pyridine rings is 1. The molecule has 4 aromatic rings. The van der Waals surface area contributed by atoms with Crippen molar-refractivity contribution in [2.45, 2.75) is 24.1 Å². The van der Waals surface area contributed by atoms with Crippen LogP contribution in [0, 0.1) is 11.6 Å². The predicted molar refractivity (Wildman–Crippen MR) is 104 cm³/mol. The van der Waals surface area contributed by atoms with Crippen molar-refractivity contribution in [3.05, 3.63) is 63.6 Å². The van der Waals surface area contributed by atoms with Crippen LogP contribution in [-0.4, -0.2) is 19.8 Å². The first-order valence-corrected chi connectivity index (χ1v) is 9.59. The number of H-pyrrole nitrogens is 2. The van der Waals surface area contributed by atoms with E-state index in [1.165, 1.54) is 18.2 Å². The summed E-state index contributed by atoms with van der Waals surface area (Å²) in [5.74, 6) is -1.22. The number of hydrogen-bond donors (Lipinski definition) is 2. The molecule has 7 heteroatoms. The Hall–Kier alpha value is -2.54. The third-order valence-corrected chi connectivity index (χ3v) is 6.00. The standard InChI is InChI=1S/C20H14BrF2N3O/c21-9-4-5-10-12(8-9)15-11(6-7-24-20(15)27)18-17(10)25-19(26-18)16-13(22)2-1-3-14(16)23/h1-3,6-7,9H,4-5,8H2,(H,24,27)(H,25,26). The highest BCUT2D eigenvalue weighted by Gasteiger charge is 2.26. The molecule has 0 bridgehead atoms. The molecule has 1 atom stereocenters. The second kappa shape index (κ2) is 5.99. The maximum absolute atomic E-state index is 14.3. The van der Waals surface area contributed by atoms with Gasteiger partial charge in [0.15, 0.2) is 0 Å². The van der Waals surface area contributed by atoms with E-state index in [0.29, 0.717) is 28.2 Å². The second-order valence-electron chi connectivity index (χ2n) is 6.80. The Kier molecular flexibility index (Phi) is 3.69. The normalized spacial score (nSPS) is 16.8. The molecule has 4 nitrogen and oxygen atoms in total. The summed E-state index contributed by atoms with van der Waals surface area (Å²) in [6, 6.07) is 5.54. The Bertz CT molecular complexity index is 1260. The molecule has 5 rings (SSSR count). The van der Waals surface area contributed by atoms with Crippen molar-refractivity contribution in [2.24, 2.45) is 0 Å². The van der Waals surface area contributed by atoms with Crippen LogP contribution in [0.2, 0.25) is 0 Å². The maximum atomic E-state index is 14.3. The minimum Gasteiger partial charge on any atom is -0.337 e. The molecular formula is C20H14BrF2N3O. The van der Waals surface area contributed by atoms with Crippen LogP contribution in [0.1, 0.15) is 17.5 Å². The van der Waals surface area contributed by atoms with Crippen LogP contribution in [0.15, 0.2) is 35.3 Å². The molecule has 0 amide bonds. The molecule has 2 aromatic carbocycles. The number of aryl methyl sites for hydroxylation is 1. The van der Waals surface area contributed by atoms with Gasteiger partial charge in [0.05, 0.1) is 22.0 Å². The van der Waals surface area contributed by atoms with Crippen LogP contribution in [0.4, 0.5) is 8.78 Å². The quantitative estimate of drug-likeness (QED) is 0.434. The minimum atomic E-state index is -0.675. The van der Waals surface area contributed by atoms with Crippen molar-refractivity contribution in [1.29, 1.82) is 0 Å². The molecule has 0 saturated heterocycles. The van der Waals surface area contributed by atoms with Crippen molar-refractivity contribution in [3.8, 4) is 11.4 Å². The van der Waals surface area contributed by atoms with E-state index >= 15 is 0 Å². The van der Waals surface area contributed by atoms with Crippen molar-refractivity contribution in [1.82, 2.24) is 15.0 Å². The zero-order chi connectivity index (χ0) is 18.7. The molecule has 2 N–H and O–H groups in total. The number of nitrogens with one attached hydrogen (secondary N) is 2. The summed E-state index contributed by atoms with van der Waals surface area (Å²) < 4.78 is 28.5. The van der Waals surface area contributed by atoms with Gasteiger partial charge in [0, 0.05) is 16.4 Å². The van der Waals surface area contributed by atoms with Crippen molar-refractivity contribution < 1.29 is 8.78 Å². The number of hydrogen-bond acceptors (Lipinski definition) is 2. The highest BCUT2D eigenvalue weighted by molar-refractivity contribution is 9.09. The topological polar surface area (TPSA) is 61.5 Å². The fraction of sp³-hybridized carbons (Fsp3) is 0.200. The van der Waals surface area contributed by atoms with Crippen LogP contribution in [0.5, 0.6) is 0 Å². The van der Waals surface area contributed by atoms with Gasteiger partial charge in [0.25, 0.3) is 5.56 Å². The summed E-state index contributed by atoms with van der Waals surface area (Å²) in [7, 11) is 0. The van der Waals surface area contributed by atoms with Gasteiger partial charge in [-0.1, -0.05) is 22.0 Å². The van der Waals surface area contributed by atoms with E-state index in [0.717, 1.165) is 24.0 Å². The highest BCUT2D eigenvalue weighted by Crippen LogP contribution is 2.37. The summed E-state index contributed by atoms with van der Waals surface area (Å²) in [6.07, 6.45) is 3.95. The summed E-state index contributed by atoms with van der Waals surface area (Å²) in [4.78, 5) is 23.2. The van der Waals surface area contributed by atoms with Crippen LogP contribution in [-0.2, 0) is 12.8 Å². The van der Waals surface area contributed by atoms with Gasteiger partial charge in [-0.15, -0.1) is 0 Å². The molecule has 0 fully saturated rings. The number of aromatic nitrogens is 3. The van der Waals surface area contributed by atoms with Gasteiger partial charge in [-0.05, 0) is 48.6 Å². The largest absolute Gasteiger partial charge is 0.337 e. The average molecular weight is 430 g/mol. The van der Waals surface area contributed by atoms with E-state index in [4.69, 9.17) is 0 Å². The first-order valence-electron chi connectivity index (χ1n) is 8.68. The Labute approximate surface area is 160 Å². The highest BCUT2D eigenvalue weighted by atomic mass is 79.9. The number of alkyl halides is 1. The lowest BCUT2D eigenvalue weighted by atomic mass is 9.87. The smallest absolute Gasteiger partial charge is 0.256 e. The van der Waals surface area contributed by atoms with Crippen LogP contribution in [0.25, 0.3) is 33.2 Å². The lowest BCUT2D eigenvalue weighted by Crippen LogP contribution is -2.18. The number of nitrogens with zero attached hydrogens (tertiary/aromatic N) is 1. The molecule has 136 valence electrons. The van der Waals surface area contributed by atoms with Gasteiger partial charge in [-0.3, -0.25) is 4.79 Å². The van der Waals surface area contributed by atoms with Crippen LogP contribution >= 0.6 is 15.9 Å². The summed E-state index contributed by atoms with van der Waals surface area (Å²) >= 11 is 3.65. The van der Waals surface area contributed by atoms with Gasteiger partial charge in [0.1, 0.15) is 17.5 Å². The Morgan fingerprint density at radius 3 is 2.70 bits per heavy atom. The van der Waals surface area contributed by atoms with Crippen molar-refractivity contribution in [2.75, 3.05) is 0 Å². The van der Waals surface area contributed by atoms with Gasteiger partial charge in [-0.25, -0.2) is 13.8 Å². The Balaban J connectivity index is 1.92. The summed E-state index contributed by atoms with van der Waals surface area (Å²) in [5.41, 5.74) is 2.90. The molecule has 1 aliphatic rings. The average Bonchev–Trinajstić information content (AvgIpc) is 3.06. The number of fused-ring (bicyclic) bond motifs is 6. The molecule has 2 aromatic heterocycles. The minimum absolute atomic E-state index is 0.136. The fourth-order valence-corrected chi connectivity index (χ4v) is 4.58. The molecule has 0 aliphatic heterocycles. The number of imidazole rings is 1. The molecule has 27 heavy (non-hydrogen) atoms. The molecular weight excluding hydrogens is 416 g/mol. The Morgan fingerprint density at radius 2 is 1.93 bits per heavy atom. The fourth-order valence-electron chi connectivity index (χ4n) is 4.03. The monoisotopic (exact) mass is 429 g/mol. The zero-order valence-electron chi connectivity index (χ0n) is 14.1. The lowest BCUT2D eigenvalue weighted by molar-refractivity contribution is 0.588.